The maximum atomic E-state index is 14.0. The molecule has 0 radical (unpaired) electrons. The van der Waals surface area contributed by atoms with Gasteiger partial charge in [-0.1, -0.05) is 30.3 Å². The number of hydrogen-bond acceptors (Lipinski definition) is 8. The number of fused-ring (bicyclic) bond motifs is 3. The van der Waals surface area contributed by atoms with E-state index in [0.717, 1.165) is 5.56 Å². The Morgan fingerprint density at radius 3 is 2.65 bits per heavy atom. The van der Waals surface area contributed by atoms with Crippen molar-refractivity contribution in [1.82, 2.24) is 9.47 Å². The Morgan fingerprint density at radius 1 is 1.12 bits per heavy atom. The Balaban J connectivity index is 1.33. The first-order valence-electron chi connectivity index (χ1n) is 13.4. The molecule has 6 rings (SSSR count). The number of ether oxygens (including phenoxy) is 4. The van der Waals surface area contributed by atoms with Gasteiger partial charge in [0.15, 0.2) is 0 Å². The Hall–Kier alpha value is -3.83. The predicted molar refractivity (Wildman–Crippen MR) is 137 cm³/mol. The number of alkyl halides is 1. The summed E-state index contributed by atoms with van der Waals surface area (Å²) in [4.78, 5) is 54.8. The maximum absolute atomic E-state index is 14.0. The van der Waals surface area contributed by atoms with Crippen LogP contribution in [-0.4, -0.2) is 59.8 Å². The second kappa shape index (κ2) is 10.3. The molecule has 2 fully saturated rings. The van der Waals surface area contributed by atoms with Crippen LogP contribution >= 0.6 is 0 Å². The van der Waals surface area contributed by atoms with E-state index in [1.807, 2.05) is 30.3 Å². The van der Waals surface area contributed by atoms with E-state index < -0.39 is 48.0 Å². The minimum absolute atomic E-state index is 0.0752. The second-order valence-electron chi connectivity index (χ2n) is 10.3. The number of pyridine rings is 1. The number of hydrogen-bond donors (Lipinski definition) is 0. The fourth-order valence-corrected chi connectivity index (χ4v) is 6.09. The number of benzene rings is 1. The van der Waals surface area contributed by atoms with Crippen LogP contribution in [0.25, 0.3) is 6.08 Å². The lowest BCUT2D eigenvalue weighted by atomic mass is 9.85. The molecule has 1 spiro atoms. The minimum Gasteiger partial charge on any atom is -0.457 e. The highest BCUT2D eigenvalue weighted by Gasteiger charge is 2.55. The van der Waals surface area contributed by atoms with Crippen LogP contribution in [0.2, 0.25) is 0 Å². The van der Waals surface area contributed by atoms with Gasteiger partial charge in [-0.25, -0.2) is 9.59 Å². The highest BCUT2D eigenvalue weighted by molar-refractivity contribution is 5.96. The summed E-state index contributed by atoms with van der Waals surface area (Å²) in [5.74, 6) is -3.36. The number of rotatable bonds is 6. The van der Waals surface area contributed by atoms with Gasteiger partial charge in [-0.3, -0.25) is 14.0 Å². The van der Waals surface area contributed by atoms with Crippen molar-refractivity contribution in [2.24, 2.45) is 0 Å². The molecule has 0 saturated carbocycles. The van der Waals surface area contributed by atoms with Gasteiger partial charge in [-0.05, 0) is 30.5 Å². The highest BCUT2D eigenvalue weighted by Crippen LogP contribution is 2.44. The molecule has 0 aliphatic carbocycles. The lowest BCUT2D eigenvalue weighted by Crippen LogP contribution is -2.51. The molecule has 2 atom stereocenters. The third kappa shape index (κ3) is 4.24. The number of aromatic nitrogens is 1. The Bertz CT molecular complexity index is 1430. The van der Waals surface area contributed by atoms with E-state index in [0.29, 0.717) is 51.3 Å². The van der Waals surface area contributed by atoms with Gasteiger partial charge in [-0.2, -0.15) is 0 Å². The molecular formula is C29H29FN2O8. The largest absolute Gasteiger partial charge is 0.457 e. The van der Waals surface area contributed by atoms with Crippen molar-refractivity contribution >= 4 is 23.9 Å². The van der Waals surface area contributed by atoms with Crippen molar-refractivity contribution < 1.29 is 37.7 Å². The van der Waals surface area contributed by atoms with E-state index >= 15 is 0 Å². The summed E-state index contributed by atoms with van der Waals surface area (Å²) in [7, 11) is 0. The molecule has 2 saturated heterocycles. The van der Waals surface area contributed by atoms with Crippen LogP contribution in [0, 0.1) is 0 Å². The van der Waals surface area contributed by atoms with Crippen molar-refractivity contribution in [3.63, 3.8) is 0 Å². The normalized spacial score (nSPS) is 24.8. The maximum Gasteiger partial charge on any atom is 0.355 e. The van der Waals surface area contributed by atoms with Crippen LogP contribution in [-0.2, 0) is 57.9 Å². The molecule has 40 heavy (non-hydrogen) atoms. The number of esters is 2. The van der Waals surface area contributed by atoms with Gasteiger partial charge in [0.05, 0.1) is 31.1 Å². The molecule has 5 heterocycles. The topological polar surface area (TPSA) is 113 Å². The van der Waals surface area contributed by atoms with Crippen LogP contribution in [0.4, 0.5) is 4.39 Å². The number of likely N-dealkylation sites (tertiary alicyclic amines) is 1. The van der Waals surface area contributed by atoms with Gasteiger partial charge >= 0.3 is 11.9 Å². The van der Waals surface area contributed by atoms with Gasteiger partial charge in [0.1, 0.15) is 12.6 Å². The van der Waals surface area contributed by atoms with E-state index in [1.54, 1.807) is 12.1 Å². The molecule has 1 unspecified atom stereocenters. The average Bonchev–Trinajstić information content (AvgIpc) is 3.72. The summed E-state index contributed by atoms with van der Waals surface area (Å²) >= 11 is 0. The molecular weight excluding hydrogens is 523 g/mol. The summed E-state index contributed by atoms with van der Waals surface area (Å²) in [6, 6.07) is 9.82. The van der Waals surface area contributed by atoms with Crippen LogP contribution in [0.15, 0.2) is 47.3 Å². The molecule has 4 aliphatic heterocycles. The molecule has 0 bridgehead atoms. The zero-order chi connectivity index (χ0) is 27.9. The Labute approximate surface area is 229 Å². The summed E-state index contributed by atoms with van der Waals surface area (Å²) in [5.41, 5.74) is -1.21. The number of carbonyl (C=O) groups excluding carboxylic acids is 3. The first-order valence-corrected chi connectivity index (χ1v) is 13.4. The first kappa shape index (κ1) is 26.4. The highest BCUT2D eigenvalue weighted by atomic mass is 19.1. The number of carbonyl (C=O) groups is 3. The standard InChI is InChI=1S/C29H29FN2O8/c30-12-10-28(40-26(35)22-7-4-13-31(22)24(33)9-8-19-5-2-1-3-6-19)21-17-23-29(38-15-16-39-29)11-14-32(23)25(34)20(21)18-37-27(28)36/h1-3,5-6,8-9,17,22H,4,7,10-16,18H2/b9-8+/t22-,28?/m0/s1. The second-order valence-corrected chi connectivity index (χ2v) is 10.3. The number of nitrogens with zero attached hydrogens (tertiary/aromatic N) is 2. The van der Waals surface area contributed by atoms with Gasteiger partial charge in [0.2, 0.25) is 17.3 Å². The SMILES string of the molecule is O=C(OC1(CCF)C(=O)OCc2c1cc1n(c2=O)CCC12OCCO2)[C@@H]1CCCN1C(=O)/C=C/c1ccccc1. The molecule has 10 nitrogen and oxygen atoms in total. The van der Waals surface area contributed by atoms with Crippen molar-refractivity contribution in [3.05, 3.63) is 75.2 Å². The molecule has 1 amide bonds. The smallest absolute Gasteiger partial charge is 0.355 e. The number of cyclic esters (lactones) is 1. The lowest BCUT2D eigenvalue weighted by Gasteiger charge is -2.37. The van der Waals surface area contributed by atoms with Crippen molar-refractivity contribution in [2.45, 2.75) is 56.3 Å². The molecule has 11 heteroatoms. The van der Waals surface area contributed by atoms with Crippen molar-refractivity contribution in [1.29, 1.82) is 0 Å². The fourth-order valence-electron chi connectivity index (χ4n) is 6.09. The molecule has 4 aliphatic rings. The molecule has 210 valence electrons. The van der Waals surface area contributed by atoms with Crippen LogP contribution in [0.3, 0.4) is 0 Å². The van der Waals surface area contributed by atoms with Gasteiger partial charge in [0, 0.05) is 37.6 Å². The molecule has 1 aromatic heterocycles. The Morgan fingerprint density at radius 2 is 1.90 bits per heavy atom. The summed E-state index contributed by atoms with van der Waals surface area (Å²) in [6.07, 6.45) is 3.75. The molecule has 2 aromatic rings. The average molecular weight is 553 g/mol. The summed E-state index contributed by atoms with van der Waals surface area (Å²) < 4.78 is 38.4. The quantitative estimate of drug-likeness (QED) is 0.397. The first-order chi connectivity index (χ1) is 19.4. The van der Waals surface area contributed by atoms with Gasteiger partial charge in [-0.15, -0.1) is 0 Å². The Kier molecular flexibility index (Phi) is 6.79. The van der Waals surface area contributed by atoms with E-state index in [9.17, 15) is 23.6 Å². The van der Waals surface area contributed by atoms with Crippen molar-refractivity contribution in [2.75, 3.05) is 26.4 Å². The predicted octanol–water partition coefficient (Wildman–Crippen LogP) is 2.31. The van der Waals surface area contributed by atoms with E-state index in [-0.39, 0.29) is 23.6 Å². The minimum atomic E-state index is -2.19. The third-order valence-electron chi connectivity index (χ3n) is 8.07. The third-order valence-corrected chi connectivity index (χ3v) is 8.07. The van der Waals surface area contributed by atoms with Gasteiger partial charge in [0.25, 0.3) is 5.56 Å². The molecule has 0 N–H and O–H groups in total. The zero-order valence-corrected chi connectivity index (χ0v) is 21.8. The molecule has 1 aromatic carbocycles. The van der Waals surface area contributed by atoms with Crippen molar-refractivity contribution in [3.8, 4) is 0 Å². The van der Waals surface area contributed by atoms with Crippen LogP contribution in [0.5, 0.6) is 0 Å². The lowest BCUT2D eigenvalue weighted by molar-refractivity contribution is -0.193. The van der Waals surface area contributed by atoms with Crippen LogP contribution in [0.1, 0.15) is 48.1 Å². The van der Waals surface area contributed by atoms with Crippen LogP contribution < -0.4 is 5.56 Å². The fraction of sp³-hybridized carbons (Fsp3) is 0.448. The summed E-state index contributed by atoms with van der Waals surface area (Å²) in [5, 5.41) is 0. The summed E-state index contributed by atoms with van der Waals surface area (Å²) in [6.45, 7) is -0.0242. The number of amides is 1. The monoisotopic (exact) mass is 552 g/mol. The van der Waals surface area contributed by atoms with Gasteiger partial charge < -0.3 is 28.4 Å². The zero-order valence-electron chi connectivity index (χ0n) is 21.8. The van der Waals surface area contributed by atoms with E-state index in [2.05, 4.69) is 0 Å². The number of halogens is 1. The van der Waals surface area contributed by atoms with E-state index in [4.69, 9.17) is 18.9 Å². The van der Waals surface area contributed by atoms with E-state index in [1.165, 1.54) is 15.5 Å².